The third-order valence-electron chi connectivity index (χ3n) is 2.28. The number of fused-ring (bicyclic) bond motifs is 1. The van der Waals surface area contributed by atoms with Crippen molar-refractivity contribution in [1.29, 1.82) is 0 Å². The molecule has 0 radical (unpaired) electrons. The van der Waals surface area contributed by atoms with Crippen LogP contribution in [0.5, 0.6) is 0 Å². The van der Waals surface area contributed by atoms with Gasteiger partial charge in [0.1, 0.15) is 0 Å². The Hall–Kier alpha value is -1.20. The number of hydrogen-bond acceptors (Lipinski definition) is 5. The number of aliphatic imine (C=N–C) groups is 1. The minimum Gasteiger partial charge on any atom is -0.396 e. The fraction of sp³-hybridized carbons (Fsp3) is 0.364. The molecule has 0 aromatic rings. The van der Waals surface area contributed by atoms with Gasteiger partial charge in [-0.2, -0.15) is 0 Å². The molecule has 1 atom stereocenters. The Morgan fingerprint density at radius 3 is 3.06 bits per heavy atom. The van der Waals surface area contributed by atoms with Crippen LogP contribution in [-0.2, 0) is 9.59 Å². The Morgan fingerprint density at radius 1 is 1.50 bits per heavy atom. The third kappa shape index (κ3) is 2.31. The van der Waals surface area contributed by atoms with E-state index in [1.165, 1.54) is 23.9 Å². The van der Waals surface area contributed by atoms with Crippen LogP contribution in [0.1, 0.15) is 12.8 Å². The zero-order valence-electron chi connectivity index (χ0n) is 8.55. The lowest BCUT2D eigenvalue weighted by atomic mass is 10.1. The van der Waals surface area contributed by atoms with Crippen molar-refractivity contribution >= 4 is 29.0 Å². The van der Waals surface area contributed by atoms with Gasteiger partial charge in [0.2, 0.25) is 0 Å². The highest BCUT2D eigenvalue weighted by Crippen LogP contribution is 2.34. The van der Waals surface area contributed by atoms with E-state index in [0.717, 1.165) is 4.91 Å². The number of aliphatic hydroxyl groups is 1. The first-order valence-corrected chi connectivity index (χ1v) is 5.91. The van der Waals surface area contributed by atoms with Crippen molar-refractivity contribution in [2.24, 2.45) is 4.99 Å². The van der Waals surface area contributed by atoms with E-state index in [4.69, 9.17) is 5.11 Å². The molecule has 2 rings (SSSR count). The number of carbonyl (C=O) groups is 2. The van der Waals surface area contributed by atoms with E-state index < -0.39 is 5.37 Å². The van der Waals surface area contributed by atoms with Gasteiger partial charge >= 0.3 is 0 Å². The molecule has 0 aromatic carbocycles. The lowest BCUT2D eigenvalue weighted by Gasteiger charge is -2.04. The van der Waals surface area contributed by atoms with Crippen molar-refractivity contribution in [3.63, 3.8) is 0 Å². The normalized spacial score (nSPS) is 22.8. The summed E-state index contributed by atoms with van der Waals surface area (Å²) in [6.07, 6.45) is 5.39. The molecule has 16 heavy (non-hydrogen) atoms. The molecular formula is C11H11NO3S. The zero-order valence-corrected chi connectivity index (χ0v) is 9.37. The predicted octanol–water partition coefficient (Wildman–Crippen LogP) is 0.865. The highest BCUT2D eigenvalue weighted by molar-refractivity contribution is 8.05. The largest absolute Gasteiger partial charge is 0.396 e. The van der Waals surface area contributed by atoms with Gasteiger partial charge in [-0.1, -0.05) is 11.8 Å². The number of rotatable bonds is 4. The minimum absolute atomic E-state index is 0.00250. The maximum Gasteiger partial charge on any atom is 0.179 e. The molecule has 84 valence electrons. The van der Waals surface area contributed by atoms with Gasteiger partial charge in [-0.15, -0.1) is 0 Å². The lowest BCUT2D eigenvalue weighted by molar-refractivity contribution is -0.118. The SMILES string of the molecule is O=C1C=CC2=NC(C(=O)CCCO)SC2=C1. The number of carbonyl (C=O) groups excluding carboxylic acids is 2. The van der Waals surface area contributed by atoms with E-state index in [1.54, 1.807) is 6.08 Å². The Bertz CT molecular complexity index is 423. The molecule has 1 N–H and O–H groups in total. The van der Waals surface area contributed by atoms with Gasteiger partial charge in [-0.05, 0) is 18.6 Å². The van der Waals surface area contributed by atoms with Gasteiger partial charge in [-0.25, -0.2) is 0 Å². The van der Waals surface area contributed by atoms with E-state index in [9.17, 15) is 9.59 Å². The first-order chi connectivity index (χ1) is 7.70. The maximum atomic E-state index is 11.7. The minimum atomic E-state index is -0.441. The van der Waals surface area contributed by atoms with Crippen molar-refractivity contribution < 1.29 is 14.7 Å². The molecule has 2 aliphatic rings. The number of thioether (sulfide) groups is 1. The van der Waals surface area contributed by atoms with Crippen LogP contribution < -0.4 is 0 Å². The standard InChI is InChI=1S/C11H11NO3S/c13-5-1-2-9(15)11-12-8-4-3-7(14)6-10(8)16-11/h3-4,6,11,13H,1-2,5H2. The summed E-state index contributed by atoms with van der Waals surface area (Å²) in [6, 6.07) is 0. The average Bonchev–Trinajstić information content (AvgIpc) is 2.68. The van der Waals surface area contributed by atoms with Crippen LogP contribution in [0.4, 0.5) is 0 Å². The first kappa shape index (κ1) is 11.3. The van der Waals surface area contributed by atoms with Gasteiger partial charge in [0.25, 0.3) is 0 Å². The number of nitrogens with zero attached hydrogens (tertiary/aromatic N) is 1. The number of Topliss-reactive ketones (excluding diaryl/α,β-unsaturated/α-hetero) is 1. The summed E-state index contributed by atoms with van der Waals surface area (Å²) in [5.74, 6) is -0.0624. The molecule has 0 fully saturated rings. The molecule has 0 spiro atoms. The monoisotopic (exact) mass is 237 g/mol. The van der Waals surface area contributed by atoms with Crippen LogP contribution in [0, 0.1) is 0 Å². The third-order valence-corrected chi connectivity index (χ3v) is 3.46. The molecule has 1 unspecified atom stereocenters. The van der Waals surface area contributed by atoms with Crippen molar-refractivity contribution in [3.05, 3.63) is 23.1 Å². The summed E-state index contributed by atoms with van der Waals surface area (Å²) < 4.78 is 0. The molecule has 0 saturated carbocycles. The highest BCUT2D eigenvalue weighted by Gasteiger charge is 2.28. The van der Waals surface area contributed by atoms with Crippen LogP contribution in [0.25, 0.3) is 0 Å². The summed E-state index contributed by atoms with van der Waals surface area (Å²) in [5.41, 5.74) is 0.715. The van der Waals surface area contributed by atoms with Crippen LogP contribution in [0.15, 0.2) is 28.1 Å². The summed E-state index contributed by atoms with van der Waals surface area (Å²) >= 11 is 1.31. The topological polar surface area (TPSA) is 66.7 Å². The van der Waals surface area contributed by atoms with E-state index in [0.29, 0.717) is 18.6 Å². The van der Waals surface area contributed by atoms with Crippen LogP contribution in [-0.4, -0.2) is 34.4 Å². The molecule has 0 saturated heterocycles. The van der Waals surface area contributed by atoms with Crippen molar-refractivity contribution in [2.75, 3.05) is 6.61 Å². The van der Waals surface area contributed by atoms with E-state index in [2.05, 4.69) is 4.99 Å². The van der Waals surface area contributed by atoms with Crippen LogP contribution >= 0.6 is 11.8 Å². The molecular weight excluding hydrogens is 226 g/mol. The molecule has 0 amide bonds. The lowest BCUT2D eigenvalue weighted by Crippen LogP contribution is -2.12. The summed E-state index contributed by atoms with van der Waals surface area (Å²) in [6.45, 7) is 0.0147. The molecule has 4 nitrogen and oxygen atoms in total. The number of hydrogen-bond donors (Lipinski definition) is 1. The Balaban J connectivity index is 2.05. The summed E-state index contributed by atoms with van der Waals surface area (Å²) in [4.78, 5) is 27.8. The van der Waals surface area contributed by atoms with Crippen molar-refractivity contribution in [2.45, 2.75) is 18.2 Å². The first-order valence-electron chi connectivity index (χ1n) is 5.03. The van der Waals surface area contributed by atoms with E-state index >= 15 is 0 Å². The van der Waals surface area contributed by atoms with Gasteiger partial charge in [0, 0.05) is 24.0 Å². The molecule has 1 heterocycles. The molecule has 0 aromatic heterocycles. The number of allylic oxidation sites excluding steroid dienone is 4. The molecule has 0 bridgehead atoms. The van der Waals surface area contributed by atoms with Crippen molar-refractivity contribution in [3.8, 4) is 0 Å². The second kappa shape index (κ2) is 4.76. The molecule has 1 aliphatic heterocycles. The Labute approximate surface area is 97.1 Å². The van der Waals surface area contributed by atoms with Crippen LogP contribution in [0.2, 0.25) is 0 Å². The van der Waals surface area contributed by atoms with Gasteiger partial charge in [-0.3, -0.25) is 14.6 Å². The van der Waals surface area contributed by atoms with Gasteiger partial charge in [0.05, 0.1) is 5.71 Å². The second-order valence-electron chi connectivity index (χ2n) is 3.52. The van der Waals surface area contributed by atoms with E-state index in [1.807, 2.05) is 0 Å². The summed E-state index contributed by atoms with van der Waals surface area (Å²) in [7, 11) is 0. The Morgan fingerprint density at radius 2 is 2.31 bits per heavy atom. The van der Waals surface area contributed by atoms with Gasteiger partial charge < -0.3 is 5.11 Å². The quantitative estimate of drug-likeness (QED) is 0.737. The zero-order chi connectivity index (χ0) is 11.5. The highest BCUT2D eigenvalue weighted by atomic mass is 32.2. The summed E-state index contributed by atoms with van der Waals surface area (Å²) in [5, 5.41) is 8.20. The van der Waals surface area contributed by atoms with E-state index in [-0.39, 0.29) is 18.2 Å². The predicted molar refractivity (Wildman–Crippen MR) is 62.4 cm³/mol. The van der Waals surface area contributed by atoms with Crippen molar-refractivity contribution in [1.82, 2.24) is 0 Å². The van der Waals surface area contributed by atoms with Gasteiger partial charge in [0.15, 0.2) is 16.9 Å². The number of ketones is 2. The Kier molecular flexibility index (Phi) is 3.36. The molecule has 1 aliphatic carbocycles. The maximum absolute atomic E-state index is 11.7. The average molecular weight is 237 g/mol. The smallest absolute Gasteiger partial charge is 0.179 e. The second-order valence-corrected chi connectivity index (χ2v) is 4.64. The number of aliphatic hydroxyl groups excluding tert-OH is 1. The fourth-order valence-electron chi connectivity index (χ4n) is 1.48. The van der Waals surface area contributed by atoms with Crippen LogP contribution in [0.3, 0.4) is 0 Å². The fourth-order valence-corrected chi connectivity index (χ4v) is 2.56. The molecule has 5 heteroatoms.